The van der Waals surface area contributed by atoms with Crippen LogP contribution in [0.4, 0.5) is 0 Å². The molecule has 3 heterocycles. The molecule has 0 spiro atoms. The van der Waals surface area contributed by atoms with Gasteiger partial charge in [0.15, 0.2) is 0 Å². The molecular weight excluding hydrogens is 366 g/mol. The lowest BCUT2D eigenvalue weighted by atomic mass is 9.94. The van der Waals surface area contributed by atoms with E-state index in [1.165, 1.54) is 0 Å². The predicted molar refractivity (Wildman–Crippen MR) is 111 cm³/mol. The van der Waals surface area contributed by atoms with Crippen LogP contribution in [0.15, 0.2) is 42.6 Å². The molecule has 1 aromatic heterocycles. The molecule has 1 aromatic carbocycles. The zero-order chi connectivity index (χ0) is 20.1. The maximum absolute atomic E-state index is 13.6. The third-order valence-electron chi connectivity index (χ3n) is 5.85. The maximum atomic E-state index is 13.6. The van der Waals surface area contributed by atoms with E-state index in [9.17, 15) is 4.79 Å². The van der Waals surface area contributed by atoms with Crippen molar-refractivity contribution in [2.75, 3.05) is 26.8 Å². The van der Waals surface area contributed by atoms with E-state index in [0.717, 1.165) is 55.1 Å². The Labute approximate surface area is 172 Å². The molecule has 2 unspecified atom stereocenters. The molecule has 0 bridgehead atoms. The van der Waals surface area contributed by atoms with E-state index in [4.69, 9.17) is 9.47 Å². The maximum Gasteiger partial charge on any atom is 0.230 e. The van der Waals surface area contributed by atoms with Crippen molar-refractivity contribution in [1.82, 2.24) is 15.2 Å². The first-order valence-electron chi connectivity index (χ1n) is 10.5. The van der Waals surface area contributed by atoms with Gasteiger partial charge in [0, 0.05) is 12.2 Å². The normalized spacial score (nSPS) is 21.4. The average molecular weight is 396 g/mol. The third-order valence-corrected chi connectivity index (χ3v) is 5.85. The molecule has 0 saturated carbocycles. The molecule has 4 rings (SSSR count). The van der Waals surface area contributed by atoms with Gasteiger partial charge in [0.05, 0.1) is 25.3 Å². The predicted octanol–water partition coefficient (Wildman–Crippen LogP) is 2.81. The molecule has 29 heavy (non-hydrogen) atoms. The van der Waals surface area contributed by atoms with E-state index in [1.807, 2.05) is 36.4 Å². The second-order valence-electron chi connectivity index (χ2n) is 7.81. The van der Waals surface area contributed by atoms with E-state index in [0.29, 0.717) is 19.6 Å². The number of pyridine rings is 1. The molecule has 2 aromatic rings. The summed E-state index contributed by atoms with van der Waals surface area (Å²) >= 11 is 0. The largest absolute Gasteiger partial charge is 0.497 e. The molecule has 154 valence electrons. The summed E-state index contributed by atoms with van der Waals surface area (Å²) < 4.78 is 11.3. The SMILES string of the molecule is COc1ccc2c(c1)CC(C(=O)N(Cc1ccccn1)C1CCCNCC1)CO2. The number of methoxy groups -OCH3 is 1. The van der Waals surface area contributed by atoms with Gasteiger partial charge in [-0.3, -0.25) is 9.78 Å². The fourth-order valence-electron chi connectivity index (χ4n) is 4.26. The Kier molecular flexibility index (Phi) is 6.30. The minimum atomic E-state index is -0.186. The van der Waals surface area contributed by atoms with E-state index in [-0.39, 0.29) is 17.9 Å². The molecule has 2 aliphatic heterocycles. The first-order chi connectivity index (χ1) is 14.2. The number of hydrogen-bond donors (Lipinski definition) is 1. The van der Waals surface area contributed by atoms with Crippen LogP contribution in [0.25, 0.3) is 0 Å². The van der Waals surface area contributed by atoms with Gasteiger partial charge in [-0.15, -0.1) is 0 Å². The zero-order valence-electron chi connectivity index (χ0n) is 17.0. The summed E-state index contributed by atoms with van der Waals surface area (Å²) in [5.41, 5.74) is 1.96. The number of carbonyl (C=O) groups excluding carboxylic acids is 1. The number of aromatic nitrogens is 1. The fourth-order valence-corrected chi connectivity index (χ4v) is 4.26. The summed E-state index contributed by atoms with van der Waals surface area (Å²) in [6.45, 7) is 2.92. The Morgan fingerprint density at radius 2 is 2.21 bits per heavy atom. The molecule has 1 amide bonds. The molecule has 1 fully saturated rings. The molecule has 6 nitrogen and oxygen atoms in total. The molecule has 1 saturated heterocycles. The van der Waals surface area contributed by atoms with Crippen LogP contribution in [0.1, 0.15) is 30.5 Å². The van der Waals surface area contributed by atoms with E-state index >= 15 is 0 Å². The quantitative estimate of drug-likeness (QED) is 0.844. The lowest BCUT2D eigenvalue weighted by Gasteiger charge is -2.35. The van der Waals surface area contributed by atoms with E-state index in [2.05, 4.69) is 15.2 Å². The number of benzene rings is 1. The van der Waals surface area contributed by atoms with E-state index in [1.54, 1.807) is 13.3 Å². The van der Waals surface area contributed by atoms with Crippen molar-refractivity contribution in [3.63, 3.8) is 0 Å². The first-order valence-corrected chi connectivity index (χ1v) is 10.5. The highest BCUT2D eigenvalue weighted by Crippen LogP contribution is 2.32. The number of ether oxygens (including phenoxy) is 2. The van der Waals surface area contributed by atoms with Crippen LogP contribution in [0.3, 0.4) is 0 Å². The van der Waals surface area contributed by atoms with Gasteiger partial charge in [-0.25, -0.2) is 0 Å². The number of rotatable bonds is 5. The average Bonchev–Trinajstić information content (AvgIpc) is 3.06. The number of fused-ring (bicyclic) bond motifs is 1. The van der Waals surface area contributed by atoms with Gasteiger partial charge in [-0.2, -0.15) is 0 Å². The minimum absolute atomic E-state index is 0.163. The van der Waals surface area contributed by atoms with Crippen molar-refractivity contribution in [3.8, 4) is 11.5 Å². The summed E-state index contributed by atoms with van der Waals surface area (Å²) in [5, 5.41) is 3.45. The second-order valence-corrected chi connectivity index (χ2v) is 7.81. The highest BCUT2D eigenvalue weighted by molar-refractivity contribution is 5.80. The highest BCUT2D eigenvalue weighted by Gasteiger charge is 2.33. The lowest BCUT2D eigenvalue weighted by molar-refractivity contribution is -0.140. The molecule has 2 atom stereocenters. The second kappa shape index (κ2) is 9.27. The number of hydrogen-bond acceptors (Lipinski definition) is 5. The summed E-state index contributed by atoms with van der Waals surface area (Å²) in [6, 6.07) is 11.9. The standard InChI is InChI=1S/C23H29N3O3/c1-28-21-7-8-22-17(14-21)13-18(16-29-22)23(27)26(15-19-5-2-3-11-25-19)20-6-4-10-24-12-9-20/h2-3,5,7-8,11,14,18,20,24H,4,6,9-10,12-13,15-16H2,1H3. The van der Waals surface area contributed by atoms with Crippen molar-refractivity contribution >= 4 is 5.91 Å². The van der Waals surface area contributed by atoms with Crippen molar-refractivity contribution in [2.24, 2.45) is 5.92 Å². The Hall–Kier alpha value is -2.60. The van der Waals surface area contributed by atoms with Crippen LogP contribution in [0, 0.1) is 5.92 Å². The summed E-state index contributed by atoms with van der Waals surface area (Å²) in [5.74, 6) is 1.62. The smallest absolute Gasteiger partial charge is 0.230 e. The van der Waals surface area contributed by atoms with Gasteiger partial charge < -0.3 is 19.7 Å². The van der Waals surface area contributed by atoms with Crippen molar-refractivity contribution < 1.29 is 14.3 Å². The van der Waals surface area contributed by atoms with Gasteiger partial charge >= 0.3 is 0 Å². The fraction of sp³-hybridized carbons (Fsp3) is 0.478. The van der Waals surface area contributed by atoms with Gasteiger partial charge in [-0.1, -0.05) is 6.07 Å². The molecule has 1 N–H and O–H groups in total. The topological polar surface area (TPSA) is 63.7 Å². The number of nitrogens with one attached hydrogen (secondary N) is 1. The Balaban J connectivity index is 1.55. The minimum Gasteiger partial charge on any atom is -0.497 e. The van der Waals surface area contributed by atoms with Crippen molar-refractivity contribution in [3.05, 3.63) is 53.9 Å². The Morgan fingerprint density at radius 3 is 3.03 bits per heavy atom. The van der Waals surface area contributed by atoms with Crippen molar-refractivity contribution in [2.45, 2.75) is 38.3 Å². The van der Waals surface area contributed by atoms with Crippen LogP contribution in [-0.2, 0) is 17.8 Å². The van der Waals surface area contributed by atoms with Crippen LogP contribution >= 0.6 is 0 Å². The van der Waals surface area contributed by atoms with Crippen LogP contribution < -0.4 is 14.8 Å². The number of carbonyl (C=O) groups is 1. The summed E-state index contributed by atoms with van der Waals surface area (Å²) in [6.07, 6.45) is 5.53. The molecule has 2 aliphatic rings. The number of amides is 1. The first kappa shape index (κ1) is 19.7. The van der Waals surface area contributed by atoms with Crippen molar-refractivity contribution in [1.29, 1.82) is 0 Å². The summed E-state index contributed by atoms with van der Waals surface area (Å²) in [4.78, 5) is 20.2. The van der Waals surface area contributed by atoms with Gasteiger partial charge in [0.1, 0.15) is 18.1 Å². The summed E-state index contributed by atoms with van der Waals surface area (Å²) in [7, 11) is 1.66. The van der Waals surface area contributed by atoms with Crippen LogP contribution in [0.5, 0.6) is 11.5 Å². The molecule has 0 radical (unpaired) electrons. The van der Waals surface area contributed by atoms with Crippen LogP contribution in [-0.4, -0.2) is 48.6 Å². The third kappa shape index (κ3) is 4.70. The molecule has 6 heteroatoms. The van der Waals surface area contributed by atoms with Gasteiger partial charge in [-0.05, 0) is 74.7 Å². The van der Waals surface area contributed by atoms with E-state index < -0.39 is 0 Å². The monoisotopic (exact) mass is 395 g/mol. The highest BCUT2D eigenvalue weighted by atomic mass is 16.5. The Morgan fingerprint density at radius 1 is 1.28 bits per heavy atom. The lowest BCUT2D eigenvalue weighted by Crippen LogP contribution is -2.46. The van der Waals surface area contributed by atoms with Gasteiger partial charge in [0.25, 0.3) is 0 Å². The number of nitrogens with zero attached hydrogens (tertiary/aromatic N) is 2. The zero-order valence-corrected chi connectivity index (χ0v) is 17.0. The van der Waals surface area contributed by atoms with Gasteiger partial charge in [0.2, 0.25) is 5.91 Å². The molecular formula is C23H29N3O3. The van der Waals surface area contributed by atoms with Crippen LogP contribution in [0.2, 0.25) is 0 Å². The molecule has 0 aliphatic carbocycles. The Bertz CT molecular complexity index is 819.